The maximum absolute atomic E-state index is 6.09. The van der Waals surface area contributed by atoms with Crippen LogP contribution < -0.4 is 9.64 Å². The van der Waals surface area contributed by atoms with Crippen molar-refractivity contribution in [2.24, 2.45) is 0 Å². The zero-order valence-electron chi connectivity index (χ0n) is 11.5. The maximum Gasteiger partial charge on any atom is 0.228 e. The van der Waals surface area contributed by atoms with Gasteiger partial charge < -0.3 is 9.64 Å². The number of anilines is 1. The van der Waals surface area contributed by atoms with Gasteiger partial charge >= 0.3 is 0 Å². The minimum absolute atomic E-state index is 0.339. The molecule has 0 spiro atoms. The number of aromatic nitrogens is 2. The molecule has 2 rings (SSSR count). The van der Waals surface area contributed by atoms with Gasteiger partial charge in [-0.05, 0) is 19.3 Å². The van der Waals surface area contributed by atoms with E-state index in [0.29, 0.717) is 24.4 Å². The van der Waals surface area contributed by atoms with Gasteiger partial charge in [0.25, 0.3) is 0 Å². The highest BCUT2D eigenvalue weighted by molar-refractivity contribution is 6.18. The van der Waals surface area contributed by atoms with Gasteiger partial charge in [-0.2, -0.15) is 4.98 Å². The van der Waals surface area contributed by atoms with Crippen LogP contribution in [0.2, 0.25) is 0 Å². The van der Waals surface area contributed by atoms with E-state index in [1.165, 1.54) is 19.3 Å². The molecule has 0 aromatic carbocycles. The van der Waals surface area contributed by atoms with Crippen LogP contribution in [0.1, 0.15) is 39.0 Å². The van der Waals surface area contributed by atoms with Crippen molar-refractivity contribution in [3.63, 3.8) is 0 Å². The molecule has 5 heteroatoms. The van der Waals surface area contributed by atoms with E-state index in [0.717, 1.165) is 25.3 Å². The molecule has 1 saturated heterocycles. The Morgan fingerprint density at radius 1 is 1.42 bits per heavy atom. The van der Waals surface area contributed by atoms with Gasteiger partial charge in [-0.25, -0.2) is 4.98 Å². The van der Waals surface area contributed by atoms with Gasteiger partial charge in [0.2, 0.25) is 11.8 Å². The molecule has 1 aliphatic rings. The van der Waals surface area contributed by atoms with E-state index in [-0.39, 0.29) is 0 Å². The summed E-state index contributed by atoms with van der Waals surface area (Å²) in [7, 11) is 0. The van der Waals surface area contributed by atoms with Crippen LogP contribution >= 0.6 is 11.6 Å². The molecule has 0 aliphatic carbocycles. The van der Waals surface area contributed by atoms with Crippen LogP contribution in [-0.2, 0) is 0 Å². The van der Waals surface area contributed by atoms with E-state index in [1.807, 2.05) is 6.07 Å². The second-order valence-electron chi connectivity index (χ2n) is 4.89. The number of hydrogen-bond acceptors (Lipinski definition) is 4. The molecular formula is C14H22ClN3O. The summed E-state index contributed by atoms with van der Waals surface area (Å²) < 4.78 is 5.58. The molecular weight excluding hydrogens is 262 g/mol. The standard InChI is InChI=1S/C14H22ClN3O/c1-2-10-19-13-7-8-16-14(17-13)18-9-5-3-4-6-12(18)11-15/h7-8,12H,2-6,9-11H2,1H3. The van der Waals surface area contributed by atoms with E-state index in [1.54, 1.807) is 6.20 Å². The van der Waals surface area contributed by atoms with Crippen LogP contribution in [0, 0.1) is 0 Å². The van der Waals surface area contributed by atoms with Gasteiger partial charge in [0.1, 0.15) is 0 Å². The van der Waals surface area contributed by atoms with Crippen molar-refractivity contribution < 1.29 is 4.74 Å². The Balaban J connectivity index is 2.13. The lowest BCUT2D eigenvalue weighted by Gasteiger charge is -2.28. The van der Waals surface area contributed by atoms with Gasteiger partial charge in [-0.15, -0.1) is 11.6 Å². The highest BCUT2D eigenvalue weighted by Gasteiger charge is 2.22. The van der Waals surface area contributed by atoms with Crippen LogP contribution in [0.15, 0.2) is 12.3 Å². The Labute approximate surface area is 120 Å². The molecule has 1 unspecified atom stereocenters. The third-order valence-electron chi connectivity index (χ3n) is 3.38. The first-order valence-electron chi connectivity index (χ1n) is 7.13. The fourth-order valence-electron chi connectivity index (χ4n) is 2.36. The SMILES string of the molecule is CCCOc1ccnc(N2CCCCCC2CCl)n1. The van der Waals surface area contributed by atoms with Crippen LogP contribution in [0.4, 0.5) is 5.95 Å². The number of ether oxygens (including phenoxy) is 1. The molecule has 0 amide bonds. The Morgan fingerprint density at radius 2 is 2.32 bits per heavy atom. The molecule has 1 fully saturated rings. The molecule has 0 radical (unpaired) electrons. The summed E-state index contributed by atoms with van der Waals surface area (Å²) in [4.78, 5) is 11.1. The third-order valence-corrected chi connectivity index (χ3v) is 3.74. The van der Waals surface area contributed by atoms with Crippen LogP contribution in [0.25, 0.3) is 0 Å². The fraction of sp³-hybridized carbons (Fsp3) is 0.714. The molecule has 0 N–H and O–H groups in total. The smallest absolute Gasteiger partial charge is 0.228 e. The first kappa shape index (κ1) is 14.4. The second-order valence-corrected chi connectivity index (χ2v) is 5.20. The number of halogens is 1. The third kappa shape index (κ3) is 3.96. The van der Waals surface area contributed by atoms with E-state index in [4.69, 9.17) is 16.3 Å². The van der Waals surface area contributed by atoms with E-state index in [2.05, 4.69) is 21.8 Å². The Kier molecular flexibility index (Phi) is 5.70. The molecule has 2 heterocycles. The minimum atomic E-state index is 0.339. The average molecular weight is 284 g/mol. The lowest BCUT2D eigenvalue weighted by Crippen LogP contribution is -2.37. The molecule has 106 valence electrons. The van der Waals surface area contributed by atoms with Crippen LogP contribution in [0.5, 0.6) is 5.88 Å². The second kappa shape index (κ2) is 7.53. The summed E-state index contributed by atoms with van der Waals surface area (Å²) in [5, 5.41) is 0. The van der Waals surface area contributed by atoms with Gasteiger partial charge in [0.05, 0.1) is 6.61 Å². The molecule has 1 aliphatic heterocycles. The van der Waals surface area contributed by atoms with Crippen molar-refractivity contribution >= 4 is 17.5 Å². The number of rotatable bonds is 5. The zero-order valence-corrected chi connectivity index (χ0v) is 12.3. The van der Waals surface area contributed by atoms with Crippen molar-refractivity contribution in [3.8, 4) is 5.88 Å². The number of alkyl halides is 1. The lowest BCUT2D eigenvalue weighted by molar-refractivity contribution is 0.304. The Morgan fingerprint density at radius 3 is 3.11 bits per heavy atom. The first-order chi connectivity index (χ1) is 9.35. The highest BCUT2D eigenvalue weighted by Crippen LogP contribution is 2.23. The number of nitrogens with zero attached hydrogens (tertiary/aromatic N) is 3. The number of hydrogen-bond donors (Lipinski definition) is 0. The molecule has 19 heavy (non-hydrogen) atoms. The topological polar surface area (TPSA) is 38.2 Å². The summed E-state index contributed by atoms with van der Waals surface area (Å²) >= 11 is 6.09. The predicted molar refractivity (Wildman–Crippen MR) is 78.1 cm³/mol. The predicted octanol–water partition coefficient (Wildman–Crippen LogP) is 3.25. The van der Waals surface area contributed by atoms with Gasteiger partial charge in [0.15, 0.2) is 0 Å². The van der Waals surface area contributed by atoms with Crippen molar-refractivity contribution in [3.05, 3.63) is 12.3 Å². The monoisotopic (exact) mass is 283 g/mol. The Hall–Kier alpha value is -1.03. The molecule has 0 saturated carbocycles. The normalized spacial score (nSPS) is 20.1. The zero-order chi connectivity index (χ0) is 13.5. The molecule has 1 atom stereocenters. The molecule has 1 aromatic heterocycles. The largest absolute Gasteiger partial charge is 0.478 e. The quantitative estimate of drug-likeness (QED) is 0.778. The summed E-state index contributed by atoms with van der Waals surface area (Å²) in [6, 6.07) is 2.15. The maximum atomic E-state index is 6.09. The van der Waals surface area contributed by atoms with Gasteiger partial charge in [-0.3, -0.25) is 0 Å². The van der Waals surface area contributed by atoms with Gasteiger partial charge in [-0.1, -0.05) is 19.8 Å². The summed E-state index contributed by atoms with van der Waals surface area (Å²) in [5.41, 5.74) is 0. The fourth-order valence-corrected chi connectivity index (χ4v) is 2.68. The lowest BCUT2D eigenvalue weighted by atomic mass is 10.1. The Bertz CT molecular complexity index is 389. The molecule has 4 nitrogen and oxygen atoms in total. The highest BCUT2D eigenvalue weighted by atomic mass is 35.5. The summed E-state index contributed by atoms with van der Waals surface area (Å²) in [6.45, 7) is 3.75. The van der Waals surface area contributed by atoms with Crippen LogP contribution in [-0.4, -0.2) is 35.0 Å². The van der Waals surface area contributed by atoms with Crippen molar-refractivity contribution in [2.75, 3.05) is 23.9 Å². The minimum Gasteiger partial charge on any atom is -0.478 e. The summed E-state index contributed by atoms with van der Waals surface area (Å²) in [6.07, 6.45) is 7.54. The summed E-state index contributed by atoms with van der Waals surface area (Å²) in [5.74, 6) is 2.04. The van der Waals surface area contributed by atoms with Gasteiger partial charge in [0, 0.05) is 30.7 Å². The van der Waals surface area contributed by atoms with Crippen LogP contribution in [0.3, 0.4) is 0 Å². The van der Waals surface area contributed by atoms with Crippen molar-refractivity contribution in [1.82, 2.24) is 9.97 Å². The molecule has 0 bridgehead atoms. The molecule has 1 aromatic rings. The first-order valence-corrected chi connectivity index (χ1v) is 7.67. The average Bonchev–Trinajstić information content (AvgIpc) is 2.70. The van der Waals surface area contributed by atoms with Crippen molar-refractivity contribution in [2.45, 2.75) is 45.1 Å². The van der Waals surface area contributed by atoms with E-state index >= 15 is 0 Å². The van der Waals surface area contributed by atoms with Crippen molar-refractivity contribution in [1.29, 1.82) is 0 Å². The van der Waals surface area contributed by atoms with E-state index < -0.39 is 0 Å². The van der Waals surface area contributed by atoms with E-state index in [9.17, 15) is 0 Å².